The van der Waals surface area contributed by atoms with Gasteiger partial charge in [-0.25, -0.2) is 0 Å². The van der Waals surface area contributed by atoms with E-state index in [-0.39, 0.29) is 35.1 Å². The van der Waals surface area contributed by atoms with Crippen LogP contribution in [-0.4, -0.2) is 43.0 Å². The van der Waals surface area contributed by atoms with E-state index in [2.05, 4.69) is 34.0 Å². The maximum Gasteiger partial charge on any atom is 0.241 e. The summed E-state index contributed by atoms with van der Waals surface area (Å²) in [6.07, 6.45) is 2.58. The first-order valence-corrected chi connectivity index (χ1v) is 11.2. The van der Waals surface area contributed by atoms with Crippen LogP contribution < -0.4 is 22.1 Å². The number of rotatable bonds is 6. The van der Waals surface area contributed by atoms with Crippen LogP contribution in [0.25, 0.3) is 0 Å². The van der Waals surface area contributed by atoms with Crippen LogP contribution in [-0.2, 0) is 21.4 Å². The smallest absolute Gasteiger partial charge is 0.241 e. The van der Waals surface area contributed by atoms with E-state index in [0.29, 0.717) is 24.2 Å². The fourth-order valence-electron chi connectivity index (χ4n) is 3.19. The zero-order chi connectivity index (χ0) is 20.8. The van der Waals surface area contributed by atoms with E-state index in [1.54, 1.807) is 6.07 Å². The predicted octanol–water partition coefficient (Wildman–Crippen LogP) is 1.25. The van der Waals surface area contributed by atoms with Crippen LogP contribution in [0.15, 0.2) is 58.4 Å². The molecular formula is C21H26N5O2S+. The fourth-order valence-corrected chi connectivity index (χ4v) is 4.65. The number of hydrogen-bond donors (Lipinski definition) is 4. The van der Waals surface area contributed by atoms with Gasteiger partial charge < -0.3 is 16.8 Å². The standard InChI is InChI=1S/C21H25N5O2S/c1-29(17-5-3-2-4-6-17)13-14-9-15-11-16(10-14)26-20(28)18(25-12-19(15)27)7-8-24-21(22)23/h2-6,9-11,18,25H,7-8,12-13H2,1H3,(H4-,22,23,24,26,28)/p+1/t18-,29?/m0/s1. The summed E-state index contributed by atoms with van der Waals surface area (Å²) in [4.78, 5) is 30.5. The Morgan fingerprint density at radius 1 is 1.17 bits per heavy atom. The molecule has 8 heteroatoms. The molecule has 2 aromatic rings. The molecule has 1 aliphatic heterocycles. The van der Waals surface area contributed by atoms with Gasteiger partial charge in [-0.3, -0.25) is 19.9 Å². The molecule has 6 N–H and O–H groups in total. The van der Waals surface area contributed by atoms with Crippen molar-refractivity contribution in [2.45, 2.75) is 23.1 Å². The molecule has 152 valence electrons. The first-order chi connectivity index (χ1) is 13.9. The minimum atomic E-state index is -0.551. The quantitative estimate of drug-likeness (QED) is 0.323. The summed E-state index contributed by atoms with van der Waals surface area (Å²) in [5, 5.41) is 5.95. The van der Waals surface area contributed by atoms with Crippen molar-refractivity contribution in [1.82, 2.24) is 5.32 Å². The second-order valence-electron chi connectivity index (χ2n) is 6.95. The molecule has 29 heavy (non-hydrogen) atoms. The van der Waals surface area contributed by atoms with Crippen LogP contribution in [0.5, 0.6) is 0 Å². The molecular weight excluding hydrogens is 386 g/mol. The molecule has 0 aromatic heterocycles. The number of nitrogens with zero attached hydrogens (tertiary/aromatic N) is 1. The van der Waals surface area contributed by atoms with Crippen LogP contribution in [0.1, 0.15) is 22.3 Å². The Morgan fingerprint density at radius 2 is 1.93 bits per heavy atom. The average Bonchev–Trinajstić information content (AvgIpc) is 2.73. The van der Waals surface area contributed by atoms with Crippen molar-refractivity contribution in [1.29, 1.82) is 0 Å². The zero-order valence-corrected chi connectivity index (χ0v) is 17.2. The molecule has 0 saturated carbocycles. The number of nitrogens with one attached hydrogen (secondary N) is 2. The maximum atomic E-state index is 12.7. The molecule has 1 aliphatic rings. The summed E-state index contributed by atoms with van der Waals surface area (Å²) < 4.78 is 0. The molecule has 2 atom stereocenters. The lowest BCUT2D eigenvalue weighted by Crippen LogP contribution is -2.42. The Labute approximate surface area is 173 Å². The lowest BCUT2D eigenvalue weighted by molar-refractivity contribution is -0.118. The van der Waals surface area contributed by atoms with Gasteiger partial charge in [0, 0.05) is 34.3 Å². The lowest BCUT2D eigenvalue weighted by Gasteiger charge is -2.16. The van der Waals surface area contributed by atoms with Crippen molar-refractivity contribution >= 4 is 34.2 Å². The van der Waals surface area contributed by atoms with Gasteiger partial charge in [0.05, 0.1) is 12.6 Å². The van der Waals surface area contributed by atoms with Gasteiger partial charge in [-0.05, 0) is 36.8 Å². The SMILES string of the molecule is C[S+](Cc1cc2cc(c1)C(=O)CN[C@@H](CCN=C(N)N)C(=O)N2)c1ccccc1. The van der Waals surface area contributed by atoms with Crippen molar-refractivity contribution in [3.05, 3.63) is 59.7 Å². The molecule has 3 rings (SSSR count). The highest BCUT2D eigenvalue weighted by atomic mass is 32.2. The molecule has 0 aliphatic carbocycles. The summed E-state index contributed by atoms with van der Waals surface area (Å²) in [5.41, 5.74) is 12.9. The average molecular weight is 413 g/mol. The molecule has 0 fully saturated rings. The van der Waals surface area contributed by atoms with E-state index in [1.165, 1.54) is 4.90 Å². The number of ketones is 1. The number of carbonyl (C=O) groups is 2. The first-order valence-electron chi connectivity index (χ1n) is 9.37. The minimum Gasteiger partial charge on any atom is -0.370 e. The number of nitrogens with two attached hydrogens (primary N) is 2. The highest BCUT2D eigenvalue weighted by molar-refractivity contribution is 7.95. The van der Waals surface area contributed by atoms with Crippen LogP contribution in [0.2, 0.25) is 0 Å². The van der Waals surface area contributed by atoms with Gasteiger partial charge in [-0.15, -0.1) is 0 Å². The molecule has 1 heterocycles. The van der Waals surface area contributed by atoms with Crippen LogP contribution in [0, 0.1) is 0 Å². The molecule has 7 nitrogen and oxygen atoms in total. The number of fused-ring (bicyclic) bond motifs is 2. The Bertz CT molecular complexity index is 913. The topological polar surface area (TPSA) is 123 Å². The van der Waals surface area contributed by atoms with Crippen molar-refractivity contribution in [3.8, 4) is 0 Å². The van der Waals surface area contributed by atoms with Gasteiger partial charge >= 0.3 is 0 Å². The van der Waals surface area contributed by atoms with Crippen LogP contribution in [0.4, 0.5) is 5.69 Å². The van der Waals surface area contributed by atoms with E-state index in [1.807, 2.05) is 30.3 Å². The molecule has 0 radical (unpaired) electrons. The van der Waals surface area contributed by atoms with E-state index in [4.69, 9.17) is 11.5 Å². The third-order valence-corrected chi connectivity index (χ3v) is 6.49. The van der Waals surface area contributed by atoms with Gasteiger partial charge in [0.2, 0.25) is 5.91 Å². The van der Waals surface area contributed by atoms with Gasteiger partial charge in [0.1, 0.15) is 12.0 Å². The van der Waals surface area contributed by atoms with E-state index in [9.17, 15) is 9.59 Å². The minimum absolute atomic E-state index is 0.00705. The summed E-state index contributed by atoms with van der Waals surface area (Å²) in [6.45, 7) is 0.388. The summed E-state index contributed by atoms with van der Waals surface area (Å²) in [7, 11) is -0.00705. The number of guanidine groups is 1. The highest BCUT2D eigenvalue weighted by Gasteiger charge is 2.24. The molecule has 1 amide bonds. The number of Topliss-reactive ketones (excluding diaryl/α,β-unsaturated/α-hetero) is 1. The lowest BCUT2D eigenvalue weighted by atomic mass is 10.1. The normalized spacial score (nSPS) is 17.5. The summed E-state index contributed by atoms with van der Waals surface area (Å²) in [5.74, 6) is 0.531. The highest BCUT2D eigenvalue weighted by Crippen LogP contribution is 2.22. The number of anilines is 1. The molecule has 0 spiro atoms. The van der Waals surface area contributed by atoms with E-state index in [0.717, 1.165) is 11.3 Å². The van der Waals surface area contributed by atoms with Crippen molar-refractivity contribution in [2.75, 3.05) is 24.7 Å². The Hall–Kier alpha value is -2.84. The summed E-state index contributed by atoms with van der Waals surface area (Å²) >= 11 is 0. The number of benzene rings is 2. The molecule has 2 aromatic carbocycles. The molecule has 0 saturated heterocycles. The monoisotopic (exact) mass is 412 g/mol. The van der Waals surface area contributed by atoms with Crippen LogP contribution >= 0.6 is 0 Å². The second-order valence-corrected chi connectivity index (χ2v) is 8.99. The number of aliphatic imine (C=N–C) groups is 1. The predicted molar refractivity (Wildman–Crippen MR) is 118 cm³/mol. The van der Waals surface area contributed by atoms with Crippen molar-refractivity contribution in [2.24, 2.45) is 16.5 Å². The zero-order valence-electron chi connectivity index (χ0n) is 16.4. The Balaban J connectivity index is 1.79. The van der Waals surface area contributed by atoms with Crippen molar-refractivity contribution in [3.63, 3.8) is 0 Å². The third kappa shape index (κ3) is 5.82. The largest absolute Gasteiger partial charge is 0.370 e. The van der Waals surface area contributed by atoms with E-state index >= 15 is 0 Å². The maximum absolute atomic E-state index is 12.7. The third-order valence-electron chi connectivity index (χ3n) is 4.65. The number of amides is 1. The van der Waals surface area contributed by atoms with Gasteiger partial charge in [-0.1, -0.05) is 18.2 Å². The summed E-state index contributed by atoms with van der Waals surface area (Å²) in [6, 6.07) is 15.3. The van der Waals surface area contributed by atoms with E-state index < -0.39 is 6.04 Å². The van der Waals surface area contributed by atoms with Gasteiger partial charge in [-0.2, -0.15) is 0 Å². The Kier molecular flexibility index (Phi) is 6.90. The second kappa shape index (κ2) is 9.58. The first kappa shape index (κ1) is 20.9. The van der Waals surface area contributed by atoms with Crippen LogP contribution in [0.3, 0.4) is 0 Å². The fraction of sp³-hybridized carbons (Fsp3) is 0.286. The number of carbonyl (C=O) groups excluding carboxylic acids is 2. The molecule has 1 unspecified atom stereocenters. The van der Waals surface area contributed by atoms with Crippen molar-refractivity contribution < 1.29 is 9.59 Å². The van der Waals surface area contributed by atoms with Gasteiger partial charge in [0.25, 0.3) is 0 Å². The number of hydrogen-bond acceptors (Lipinski definition) is 4. The van der Waals surface area contributed by atoms with Gasteiger partial charge in [0.15, 0.2) is 16.6 Å². The Morgan fingerprint density at radius 3 is 2.66 bits per heavy atom. The molecule has 2 bridgehead atoms.